The normalized spacial score (nSPS) is 9.73. The Morgan fingerprint density at radius 2 is 1.55 bits per heavy atom. The number of hydrogen-bond donors (Lipinski definition) is 0. The molecule has 1 heteroatoms. The van der Waals surface area contributed by atoms with E-state index >= 15 is 0 Å². The first-order chi connectivity index (χ1) is 5.04. The van der Waals surface area contributed by atoms with Crippen molar-refractivity contribution in [2.75, 3.05) is 0 Å². The predicted molar refractivity (Wildman–Crippen MR) is 54.9 cm³/mol. The lowest BCUT2D eigenvalue weighted by Gasteiger charge is -1.93. The molecule has 0 radical (unpaired) electrons. The van der Waals surface area contributed by atoms with Crippen LogP contribution in [-0.2, 0) is 0 Å². The summed E-state index contributed by atoms with van der Waals surface area (Å²) in [6, 6.07) is 0. The molecule has 0 N–H and O–H groups in total. The van der Waals surface area contributed by atoms with E-state index in [0.717, 1.165) is 11.1 Å². The van der Waals surface area contributed by atoms with Gasteiger partial charge in [-0.3, -0.25) is 0 Å². The second-order valence-electron chi connectivity index (χ2n) is 2.12. The maximum atomic E-state index is 5.71. The summed E-state index contributed by atoms with van der Waals surface area (Å²) in [5.74, 6) is 0. The SMILES string of the molecule is C=C(C)/C=C(/Cl)C(=C)C.CC. The van der Waals surface area contributed by atoms with E-state index in [2.05, 4.69) is 13.2 Å². The second kappa shape index (κ2) is 7.62. The first-order valence-electron chi connectivity index (χ1n) is 3.72. The molecule has 0 heterocycles. The zero-order valence-electron chi connectivity index (χ0n) is 7.87. The summed E-state index contributed by atoms with van der Waals surface area (Å²) < 4.78 is 0. The van der Waals surface area contributed by atoms with E-state index in [0.29, 0.717) is 5.03 Å². The molecule has 0 amide bonds. The quantitative estimate of drug-likeness (QED) is 0.546. The molecule has 0 saturated carbocycles. The topological polar surface area (TPSA) is 0 Å². The maximum absolute atomic E-state index is 5.71. The lowest BCUT2D eigenvalue weighted by molar-refractivity contribution is 1.47. The summed E-state index contributed by atoms with van der Waals surface area (Å²) in [6.07, 6.45) is 1.80. The molecule has 0 saturated heterocycles. The van der Waals surface area contributed by atoms with Gasteiger partial charge in [-0.1, -0.05) is 44.2 Å². The van der Waals surface area contributed by atoms with Crippen molar-refractivity contribution in [2.24, 2.45) is 0 Å². The van der Waals surface area contributed by atoms with Crippen LogP contribution < -0.4 is 0 Å². The third-order valence-electron chi connectivity index (χ3n) is 0.781. The van der Waals surface area contributed by atoms with Crippen LogP contribution in [0.4, 0.5) is 0 Å². The highest BCUT2D eigenvalue weighted by Crippen LogP contribution is 2.13. The lowest BCUT2D eigenvalue weighted by Crippen LogP contribution is -1.72. The van der Waals surface area contributed by atoms with Crippen molar-refractivity contribution in [3.63, 3.8) is 0 Å². The van der Waals surface area contributed by atoms with Gasteiger partial charge in [-0.05, 0) is 25.5 Å². The molecule has 0 fully saturated rings. The molecule has 0 nitrogen and oxygen atoms in total. The van der Waals surface area contributed by atoms with E-state index in [1.165, 1.54) is 0 Å². The molecule has 0 aromatic carbocycles. The molecular weight excluding hydrogens is 156 g/mol. The third kappa shape index (κ3) is 9.51. The van der Waals surface area contributed by atoms with Crippen molar-refractivity contribution >= 4 is 11.6 Å². The average molecular weight is 173 g/mol. The van der Waals surface area contributed by atoms with Gasteiger partial charge < -0.3 is 0 Å². The summed E-state index contributed by atoms with van der Waals surface area (Å²) >= 11 is 5.71. The van der Waals surface area contributed by atoms with E-state index in [9.17, 15) is 0 Å². The van der Waals surface area contributed by atoms with Gasteiger partial charge in [0.05, 0.1) is 0 Å². The Labute approximate surface area is 75.3 Å². The van der Waals surface area contributed by atoms with E-state index in [1.807, 2.05) is 27.7 Å². The van der Waals surface area contributed by atoms with Gasteiger partial charge in [-0.2, -0.15) is 0 Å². The Hall–Kier alpha value is -0.490. The minimum absolute atomic E-state index is 0.683. The van der Waals surface area contributed by atoms with Crippen molar-refractivity contribution in [3.05, 3.63) is 35.4 Å². The van der Waals surface area contributed by atoms with E-state index < -0.39 is 0 Å². The van der Waals surface area contributed by atoms with Crippen LogP contribution in [0.1, 0.15) is 27.7 Å². The fourth-order valence-corrected chi connectivity index (χ4v) is 0.526. The highest BCUT2D eigenvalue weighted by Gasteiger charge is 1.89. The van der Waals surface area contributed by atoms with Crippen LogP contribution in [0.5, 0.6) is 0 Å². The van der Waals surface area contributed by atoms with Crippen LogP contribution in [0.2, 0.25) is 0 Å². The monoisotopic (exact) mass is 172 g/mol. The van der Waals surface area contributed by atoms with Crippen LogP contribution in [0, 0.1) is 0 Å². The molecule has 64 valence electrons. The van der Waals surface area contributed by atoms with Gasteiger partial charge in [-0.25, -0.2) is 0 Å². The summed E-state index contributed by atoms with van der Waals surface area (Å²) in [7, 11) is 0. The Morgan fingerprint density at radius 3 is 1.64 bits per heavy atom. The Morgan fingerprint density at radius 1 is 1.18 bits per heavy atom. The van der Waals surface area contributed by atoms with Gasteiger partial charge >= 0.3 is 0 Å². The molecular formula is C10H17Cl. The lowest BCUT2D eigenvalue weighted by atomic mass is 10.2. The third-order valence-corrected chi connectivity index (χ3v) is 1.21. The molecule has 0 rings (SSSR count). The molecule has 0 aromatic rings. The van der Waals surface area contributed by atoms with Crippen molar-refractivity contribution in [1.29, 1.82) is 0 Å². The molecule has 0 atom stereocenters. The number of allylic oxidation sites excluding steroid dienone is 4. The number of hydrogen-bond acceptors (Lipinski definition) is 0. The average Bonchev–Trinajstić information content (AvgIpc) is 1.90. The highest BCUT2D eigenvalue weighted by molar-refractivity contribution is 6.32. The van der Waals surface area contributed by atoms with Crippen molar-refractivity contribution < 1.29 is 0 Å². The molecule has 0 aliphatic rings. The highest BCUT2D eigenvalue weighted by atomic mass is 35.5. The zero-order chi connectivity index (χ0) is 9.44. The molecule has 11 heavy (non-hydrogen) atoms. The van der Waals surface area contributed by atoms with E-state index in [4.69, 9.17) is 11.6 Å². The fourth-order valence-electron chi connectivity index (χ4n) is 0.340. The standard InChI is InChI=1S/C8H11Cl.C2H6/c1-6(2)5-8(9)7(3)4;1-2/h5H,1,3H2,2,4H3;1-2H3/b8-5+;. The van der Waals surface area contributed by atoms with Crippen molar-refractivity contribution in [1.82, 2.24) is 0 Å². The largest absolute Gasteiger partial charge is 0.0961 e. The molecule has 0 bridgehead atoms. The Balaban J connectivity index is 0. The summed E-state index contributed by atoms with van der Waals surface area (Å²) in [5, 5.41) is 0.683. The molecule has 0 aliphatic carbocycles. The van der Waals surface area contributed by atoms with Crippen LogP contribution in [0.15, 0.2) is 35.4 Å². The van der Waals surface area contributed by atoms with Gasteiger partial charge in [0.2, 0.25) is 0 Å². The first-order valence-corrected chi connectivity index (χ1v) is 4.10. The van der Waals surface area contributed by atoms with Crippen LogP contribution in [0.25, 0.3) is 0 Å². The number of halogens is 1. The van der Waals surface area contributed by atoms with Gasteiger partial charge in [0.15, 0.2) is 0 Å². The van der Waals surface area contributed by atoms with Gasteiger partial charge in [0.25, 0.3) is 0 Å². The summed E-state index contributed by atoms with van der Waals surface area (Å²) in [5.41, 5.74) is 1.82. The minimum atomic E-state index is 0.683. The van der Waals surface area contributed by atoms with Crippen LogP contribution >= 0.6 is 11.6 Å². The van der Waals surface area contributed by atoms with Crippen molar-refractivity contribution in [3.8, 4) is 0 Å². The molecule has 0 aliphatic heterocycles. The second-order valence-corrected chi connectivity index (χ2v) is 2.53. The van der Waals surface area contributed by atoms with E-state index in [-0.39, 0.29) is 0 Å². The zero-order valence-corrected chi connectivity index (χ0v) is 8.63. The Kier molecular flexibility index (Phi) is 9.09. The molecule has 0 spiro atoms. The smallest absolute Gasteiger partial charge is 0.0431 e. The van der Waals surface area contributed by atoms with Crippen molar-refractivity contribution in [2.45, 2.75) is 27.7 Å². The van der Waals surface area contributed by atoms with Crippen LogP contribution in [0.3, 0.4) is 0 Å². The van der Waals surface area contributed by atoms with Gasteiger partial charge in [0.1, 0.15) is 0 Å². The number of rotatable bonds is 2. The molecule has 0 unspecified atom stereocenters. The summed E-state index contributed by atoms with van der Waals surface area (Å²) in [6.45, 7) is 15.1. The summed E-state index contributed by atoms with van der Waals surface area (Å²) in [4.78, 5) is 0. The molecule has 0 aromatic heterocycles. The van der Waals surface area contributed by atoms with Gasteiger partial charge in [-0.15, -0.1) is 0 Å². The first kappa shape index (κ1) is 13.1. The van der Waals surface area contributed by atoms with Gasteiger partial charge in [0, 0.05) is 5.03 Å². The maximum Gasteiger partial charge on any atom is 0.0431 e. The van der Waals surface area contributed by atoms with Crippen LogP contribution in [-0.4, -0.2) is 0 Å². The minimum Gasteiger partial charge on any atom is -0.0961 e. The van der Waals surface area contributed by atoms with E-state index in [1.54, 1.807) is 6.08 Å². The Bertz CT molecular complexity index is 164. The fraction of sp³-hybridized carbons (Fsp3) is 0.400. The predicted octanol–water partition coefficient (Wildman–Crippen LogP) is 4.29.